The molecule has 0 aliphatic carbocycles. The Hall–Kier alpha value is -3.35. The maximum atomic E-state index is 13.3. The number of rotatable bonds is 6. The Bertz CT molecular complexity index is 1240. The molecule has 0 unspecified atom stereocenters. The zero-order chi connectivity index (χ0) is 22.6. The summed E-state index contributed by atoms with van der Waals surface area (Å²) < 4.78 is 15.2. The molecule has 0 fully saturated rings. The van der Waals surface area contributed by atoms with E-state index in [1.165, 1.54) is 17.7 Å². The quantitative estimate of drug-likeness (QED) is 0.387. The Balaban J connectivity index is 1.46. The van der Waals surface area contributed by atoms with Gasteiger partial charge < -0.3 is 0 Å². The maximum Gasteiger partial charge on any atom is 0.173 e. The Morgan fingerprint density at radius 1 is 0.939 bits per heavy atom. The summed E-state index contributed by atoms with van der Waals surface area (Å²) >= 11 is 6.17. The molecule has 3 aromatic carbocycles. The minimum absolute atomic E-state index is 0.119. The van der Waals surface area contributed by atoms with E-state index in [-0.39, 0.29) is 11.9 Å². The van der Waals surface area contributed by atoms with Gasteiger partial charge in [-0.15, -0.1) is 5.10 Å². The Morgan fingerprint density at radius 2 is 1.70 bits per heavy atom. The van der Waals surface area contributed by atoms with E-state index < -0.39 is 0 Å². The second-order valence-corrected chi connectivity index (χ2v) is 8.55. The first-order chi connectivity index (χ1) is 16.2. The lowest BCUT2D eigenvalue weighted by molar-refractivity contribution is 0.235. The van der Waals surface area contributed by atoms with Crippen molar-refractivity contribution < 1.29 is 4.39 Å². The van der Waals surface area contributed by atoms with Gasteiger partial charge in [0.1, 0.15) is 5.82 Å². The molecule has 1 aliphatic heterocycles. The third-order valence-corrected chi connectivity index (χ3v) is 6.24. The van der Waals surface area contributed by atoms with E-state index in [1.807, 2.05) is 59.3 Å². The van der Waals surface area contributed by atoms with E-state index in [4.69, 9.17) is 11.6 Å². The largest absolute Gasteiger partial charge is 0.286 e. The topological polar surface area (TPSA) is 46.8 Å². The first kappa shape index (κ1) is 21.5. The van der Waals surface area contributed by atoms with Gasteiger partial charge in [-0.25, -0.2) is 9.07 Å². The number of benzene rings is 3. The van der Waals surface area contributed by atoms with Crippen LogP contribution in [0.3, 0.4) is 0 Å². The van der Waals surface area contributed by atoms with E-state index in [9.17, 15) is 4.39 Å². The summed E-state index contributed by atoms with van der Waals surface area (Å²) in [5.41, 5.74) is 4.51. The average Bonchev–Trinajstić information content (AvgIpc) is 3.30. The standard InChI is InChI=1S/C26H23ClFN5/c27-23-10-6-22(7-11-23)25(26-29-30-31-33(26)18-19-4-2-1-3-5-19)32-16-14-21(15-17-32)20-8-12-24(28)13-9-20/h1-14,25H,15-18H2/t25-/m1/s1. The van der Waals surface area contributed by atoms with Crippen molar-refractivity contribution in [3.63, 3.8) is 0 Å². The molecule has 33 heavy (non-hydrogen) atoms. The monoisotopic (exact) mass is 459 g/mol. The van der Waals surface area contributed by atoms with Crippen molar-refractivity contribution in [3.05, 3.63) is 118 Å². The smallest absolute Gasteiger partial charge is 0.173 e. The van der Waals surface area contributed by atoms with Gasteiger partial charge in [-0.1, -0.05) is 72.3 Å². The molecule has 4 aromatic rings. The molecule has 0 radical (unpaired) electrons. The lowest BCUT2D eigenvalue weighted by Crippen LogP contribution is -2.35. The molecule has 0 saturated heterocycles. The van der Waals surface area contributed by atoms with Crippen LogP contribution < -0.4 is 0 Å². The zero-order valence-corrected chi connectivity index (χ0v) is 18.7. The van der Waals surface area contributed by atoms with E-state index >= 15 is 0 Å². The molecule has 5 nitrogen and oxygen atoms in total. The molecule has 5 rings (SSSR count). The van der Waals surface area contributed by atoms with Crippen molar-refractivity contribution in [1.82, 2.24) is 25.1 Å². The van der Waals surface area contributed by atoms with Gasteiger partial charge in [-0.3, -0.25) is 4.90 Å². The summed E-state index contributed by atoms with van der Waals surface area (Å²) in [6.07, 6.45) is 3.07. The number of tetrazole rings is 1. The first-order valence-electron chi connectivity index (χ1n) is 10.9. The van der Waals surface area contributed by atoms with Gasteiger partial charge in [0.25, 0.3) is 0 Å². The third kappa shape index (κ3) is 4.87. The van der Waals surface area contributed by atoms with Gasteiger partial charge in [-0.05, 0) is 63.4 Å². The van der Waals surface area contributed by atoms with Gasteiger partial charge in [0.2, 0.25) is 0 Å². The highest BCUT2D eigenvalue weighted by atomic mass is 35.5. The van der Waals surface area contributed by atoms with Crippen molar-refractivity contribution in [1.29, 1.82) is 0 Å². The minimum Gasteiger partial charge on any atom is -0.286 e. The lowest BCUT2D eigenvalue weighted by Gasteiger charge is -2.33. The molecule has 0 bridgehead atoms. The first-order valence-corrected chi connectivity index (χ1v) is 11.3. The molecule has 1 aliphatic rings. The SMILES string of the molecule is Fc1ccc(C2=CCN([C@H](c3ccc(Cl)cc3)c3nnnn3Cc3ccccc3)CC2)cc1. The predicted molar refractivity (Wildman–Crippen MR) is 127 cm³/mol. The summed E-state index contributed by atoms with van der Waals surface area (Å²) in [5, 5.41) is 13.4. The van der Waals surface area contributed by atoms with Crippen molar-refractivity contribution in [2.45, 2.75) is 19.0 Å². The third-order valence-electron chi connectivity index (χ3n) is 5.99. The second kappa shape index (κ2) is 9.65. The van der Waals surface area contributed by atoms with Crippen LogP contribution in [0.5, 0.6) is 0 Å². The van der Waals surface area contributed by atoms with Crippen LogP contribution in [0.4, 0.5) is 4.39 Å². The molecule has 2 heterocycles. The summed E-state index contributed by atoms with van der Waals surface area (Å²) in [6.45, 7) is 2.16. The van der Waals surface area contributed by atoms with Crippen molar-refractivity contribution in [3.8, 4) is 0 Å². The Kier molecular flexibility index (Phi) is 6.28. The summed E-state index contributed by atoms with van der Waals surface area (Å²) in [4.78, 5) is 2.36. The molecule has 0 N–H and O–H groups in total. The van der Waals surface area contributed by atoms with Crippen LogP contribution in [0.25, 0.3) is 5.57 Å². The van der Waals surface area contributed by atoms with Crippen LogP contribution in [-0.2, 0) is 6.54 Å². The predicted octanol–water partition coefficient (Wildman–Crippen LogP) is 5.39. The number of hydrogen-bond donors (Lipinski definition) is 0. The molecule has 7 heteroatoms. The minimum atomic E-state index is -0.218. The molecule has 0 saturated carbocycles. The van der Waals surface area contributed by atoms with E-state index in [0.29, 0.717) is 11.6 Å². The van der Waals surface area contributed by atoms with Gasteiger partial charge >= 0.3 is 0 Å². The Morgan fingerprint density at radius 3 is 2.39 bits per heavy atom. The van der Waals surface area contributed by atoms with E-state index in [1.54, 1.807) is 0 Å². The maximum absolute atomic E-state index is 13.3. The van der Waals surface area contributed by atoms with Crippen molar-refractivity contribution in [2.75, 3.05) is 13.1 Å². The number of nitrogens with zero attached hydrogens (tertiary/aromatic N) is 5. The van der Waals surface area contributed by atoms with Crippen LogP contribution in [0, 0.1) is 5.82 Å². The fraction of sp³-hybridized carbons (Fsp3) is 0.192. The number of hydrogen-bond acceptors (Lipinski definition) is 4. The van der Waals surface area contributed by atoms with Gasteiger partial charge in [0, 0.05) is 18.1 Å². The van der Waals surface area contributed by atoms with Crippen LogP contribution >= 0.6 is 11.6 Å². The highest BCUT2D eigenvalue weighted by Crippen LogP contribution is 2.32. The lowest BCUT2D eigenvalue weighted by atomic mass is 9.96. The molecule has 1 aromatic heterocycles. The van der Waals surface area contributed by atoms with E-state index in [0.717, 1.165) is 42.0 Å². The number of halogens is 2. The average molecular weight is 460 g/mol. The second-order valence-electron chi connectivity index (χ2n) is 8.12. The molecule has 0 amide bonds. The fourth-order valence-electron chi connectivity index (χ4n) is 4.29. The van der Waals surface area contributed by atoms with Crippen LogP contribution in [0.1, 0.15) is 35.0 Å². The molecular weight excluding hydrogens is 437 g/mol. The van der Waals surface area contributed by atoms with Crippen LogP contribution in [0.2, 0.25) is 5.02 Å². The Labute approximate surface area is 197 Å². The van der Waals surface area contributed by atoms with Gasteiger partial charge in [0.05, 0.1) is 12.6 Å². The fourth-order valence-corrected chi connectivity index (χ4v) is 4.42. The zero-order valence-electron chi connectivity index (χ0n) is 18.0. The van der Waals surface area contributed by atoms with Gasteiger partial charge in [-0.2, -0.15) is 0 Å². The van der Waals surface area contributed by atoms with Crippen molar-refractivity contribution >= 4 is 17.2 Å². The highest BCUT2D eigenvalue weighted by Gasteiger charge is 2.29. The highest BCUT2D eigenvalue weighted by molar-refractivity contribution is 6.30. The molecule has 166 valence electrons. The normalized spacial score (nSPS) is 15.3. The van der Waals surface area contributed by atoms with Gasteiger partial charge in [0.15, 0.2) is 5.82 Å². The van der Waals surface area contributed by atoms with Crippen molar-refractivity contribution in [2.24, 2.45) is 0 Å². The number of aromatic nitrogens is 4. The van der Waals surface area contributed by atoms with Crippen LogP contribution in [0.15, 0.2) is 84.9 Å². The summed E-state index contributed by atoms with van der Waals surface area (Å²) in [7, 11) is 0. The molecule has 1 atom stereocenters. The summed E-state index contributed by atoms with van der Waals surface area (Å²) in [6, 6.07) is 24.6. The molecular formula is C26H23ClFN5. The molecule has 0 spiro atoms. The summed E-state index contributed by atoms with van der Waals surface area (Å²) in [5.74, 6) is 0.574. The van der Waals surface area contributed by atoms with Crippen LogP contribution in [-0.4, -0.2) is 38.2 Å². The van der Waals surface area contributed by atoms with E-state index in [2.05, 4.69) is 38.6 Å².